The molecule has 35 heavy (non-hydrogen) atoms. The molecule has 1 aliphatic rings. The molecule has 1 heterocycles. The minimum atomic E-state index is -3.90. The Morgan fingerprint density at radius 1 is 1.06 bits per heavy atom. The van der Waals surface area contributed by atoms with Crippen LogP contribution in [0.2, 0.25) is 0 Å². The highest BCUT2D eigenvalue weighted by Gasteiger charge is 2.35. The number of rotatable bonds is 11. The van der Waals surface area contributed by atoms with Gasteiger partial charge in [0.15, 0.2) is 0 Å². The van der Waals surface area contributed by atoms with E-state index in [9.17, 15) is 27.6 Å². The topological polar surface area (TPSA) is 162 Å². The van der Waals surface area contributed by atoms with E-state index in [2.05, 4.69) is 15.4 Å². The van der Waals surface area contributed by atoms with Gasteiger partial charge in [0.2, 0.25) is 27.7 Å². The number of sulfonamides is 1. The summed E-state index contributed by atoms with van der Waals surface area (Å²) in [6.07, 6.45) is 1.33. The van der Waals surface area contributed by atoms with Crippen LogP contribution < -0.4 is 15.4 Å². The van der Waals surface area contributed by atoms with Gasteiger partial charge in [0, 0.05) is 19.0 Å². The number of carboxylic acid groups (broad SMARTS) is 1. The first kappa shape index (κ1) is 28.2. The third-order valence-electron chi connectivity index (χ3n) is 6.13. The largest absolute Gasteiger partial charge is 0.480 e. The fraction of sp³-hybridized carbons (Fsp3) is 0.565. The zero-order valence-corrected chi connectivity index (χ0v) is 21.1. The molecular weight excluding hydrogens is 476 g/mol. The number of carbonyl (C=O) groups is 4. The summed E-state index contributed by atoms with van der Waals surface area (Å²) in [5.41, 5.74) is 0.923. The Bertz CT molecular complexity index is 1020. The second-order valence-electron chi connectivity index (χ2n) is 8.79. The molecule has 1 saturated heterocycles. The number of hydrogen-bond acceptors (Lipinski definition) is 6. The number of amides is 3. The number of benzene rings is 1. The summed E-state index contributed by atoms with van der Waals surface area (Å²) in [4.78, 5) is 49.4. The molecule has 4 N–H and O–H groups in total. The van der Waals surface area contributed by atoms with Crippen molar-refractivity contribution in [2.45, 2.75) is 51.0 Å². The Morgan fingerprint density at radius 3 is 2.20 bits per heavy atom. The molecular formula is C23H34N4O7S. The van der Waals surface area contributed by atoms with Gasteiger partial charge in [-0.3, -0.25) is 19.2 Å². The molecule has 0 aliphatic carbocycles. The first-order chi connectivity index (χ1) is 16.4. The molecule has 0 radical (unpaired) electrons. The summed E-state index contributed by atoms with van der Waals surface area (Å²) in [5, 5.41) is 13.2. The van der Waals surface area contributed by atoms with E-state index in [0.29, 0.717) is 19.3 Å². The summed E-state index contributed by atoms with van der Waals surface area (Å²) in [6, 6.07) is 5.46. The van der Waals surface area contributed by atoms with Gasteiger partial charge in [-0.1, -0.05) is 38.0 Å². The highest BCUT2D eigenvalue weighted by molar-refractivity contribution is 7.89. The Kier molecular flexibility index (Phi) is 10.2. The number of nitrogens with zero attached hydrogens (tertiary/aromatic N) is 1. The van der Waals surface area contributed by atoms with Crippen LogP contribution in [0.1, 0.15) is 38.7 Å². The Hall–Kier alpha value is -2.99. The van der Waals surface area contributed by atoms with Crippen molar-refractivity contribution in [1.82, 2.24) is 20.3 Å². The number of aryl methyl sites for hydroxylation is 1. The lowest BCUT2D eigenvalue weighted by atomic mass is 9.93. The van der Waals surface area contributed by atoms with Gasteiger partial charge in [0.1, 0.15) is 12.6 Å². The normalized spacial score (nSPS) is 16.3. The van der Waals surface area contributed by atoms with Gasteiger partial charge in [0.25, 0.3) is 0 Å². The van der Waals surface area contributed by atoms with Crippen LogP contribution in [0.25, 0.3) is 0 Å². The third-order valence-corrected chi connectivity index (χ3v) is 7.59. The van der Waals surface area contributed by atoms with E-state index >= 15 is 0 Å². The molecule has 1 aliphatic heterocycles. The van der Waals surface area contributed by atoms with Crippen molar-refractivity contribution in [2.75, 3.05) is 26.2 Å². The summed E-state index contributed by atoms with van der Waals surface area (Å²) >= 11 is 0. The van der Waals surface area contributed by atoms with E-state index in [-0.39, 0.29) is 42.3 Å². The highest BCUT2D eigenvalue weighted by atomic mass is 32.2. The Labute approximate surface area is 205 Å². The average Bonchev–Trinajstić information content (AvgIpc) is 2.84. The van der Waals surface area contributed by atoms with Crippen LogP contribution in [0.15, 0.2) is 29.2 Å². The molecule has 0 bridgehead atoms. The minimum Gasteiger partial charge on any atom is -0.480 e. The predicted molar refractivity (Wildman–Crippen MR) is 128 cm³/mol. The second-order valence-corrected chi connectivity index (χ2v) is 10.5. The SMILES string of the molecule is CCC(C)[C@H](NS(=O)(=O)c1ccc(C)cc1)C(=O)N1CCC(C(=O)NCC(=O)NCC(=O)O)CC1. The molecule has 0 saturated carbocycles. The lowest BCUT2D eigenvalue weighted by molar-refractivity contribution is -0.139. The van der Waals surface area contributed by atoms with Crippen LogP contribution in [0.4, 0.5) is 0 Å². The maximum absolute atomic E-state index is 13.3. The lowest BCUT2D eigenvalue weighted by Gasteiger charge is -2.35. The number of carboxylic acids is 1. The van der Waals surface area contributed by atoms with Gasteiger partial charge >= 0.3 is 5.97 Å². The zero-order chi connectivity index (χ0) is 26.2. The summed E-state index contributed by atoms with van der Waals surface area (Å²) in [7, 11) is -3.90. The molecule has 2 rings (SSSR count). The molecule has 1 aromatic carbocycles. The van der Waals surface area contributed by atoms with Gasteiger partial charge in [-0.2, -0.15) is 4.72 Å². The van der Waals surface area contributed by atoms with E-state index in [1.807, 2.05) is 20.8 Å². The van der Waals surface area contributed by atoms with Crippen molar-refractivity contribution in [3.63, 3.8) is 0 Å². The molecule has 194 valence electrons. The highest BCUT2D eigenvalue weighted by Crippen LogP contribution is 2.21. The quantitative estimate of drug-likeness (QED) is 0.331. The number of hydrogen-bond donors (Lipinski definition) is 4. The summed E-state index contributed by atoms with van der Waals surface area (Å²) in [5.74, 6) is -3.11. The minimum absolute atomic E-state index is 0.0898. The standard InChI is InChI=1S/C23H34N4O7S/c1-4-16(3)21(26-35(33,34)18-7-5-15(2)6-8-18)23(32)27-11-9-17(10-12-27)22(31)25-13-19(28)24-14-20(29)30/h5-8,16-17,21,26H,4,9-14H2,1-3H3,(H,24,28)(H,25,31)(H,29,30)/t16?,21-/m0/s1. The number of piperidine rings is 1. The fourth-order valence-corrected chi connectivity index (χ4v) is 5.00. The molecule has 2 atom stereocenters. The summed E-state index contributed by atoms with van der Waals surface area (Å²) in [6.45, 7) is 5.25. The van der Waals surface area contributed by atoms with Gasteiger partial charge < -0.3 is 20.6 Å². The van der Waals surface area contributed by atoms with Gasteiger partial charge in [-0.15, -0.1) is 0 Å². The molecule has 0 spiro atoms. The molecule has 3 amide bonds. The van der Waals surface area contributed by atoms with E-state index in [0.717, 1.165) is 5.56 Å². The fourth-order valence-electron chi connectivity index (χ4n) is 3.71. The number of carbonyl (C=O) groups excluding carboxylic acids is 3. The van der Waals surface area contributed by atoms with E-state index in [1.54, 1.807) is 17.0 Å². The van der Waals surface area contributed by atoms with Crippen molar-refractivity contribution in [3.05, 3.63) is 29.8 Å². The average molecular weight is 511 g/mol. The molecule has 11 nitrogen and oxygen atoms in total. The number of nitrogens with one attached hydrogen (secondary N) is 3. The summed E-state index contributed by atoms with van der Waals surface area (Å²) < 4.78 is 28.4. The van der Waals surface area contributed by atoms with Crippen molar-refractivity contribution < 1.29 is 32.7 Å². The van der Waals surface area contributed by atoms with Crippen molar-refractivity contribution in [2.24, 2.45) is 11.8 Å². The maximum atomic E-state index is 13.3. The number of likely N-dealkylation sites (tertiary alicyclic amines) is 1. The monoisotopic (exact) mass is 510 g/mol. The van der Waals surface area contributed by atoms with Crippen molar-refractivity contribution in [3.8, 4) is 0 Å². The van der Waals surface area contributed by atoms with Crippen LogP contribution >= 0.6 is 0 Å². The third kappa shape index (κ3) is 8.32. The Balaban J connectivity index is 1.96. The predicted octanol–water partition coefficient (Wildman–Crippen LogP) is 0.244. The van der Waals surface area contributed by atoms with Gasteiger partial charge in [0.05, 0.1) is 11.4 Å². The van der Waals surface area contributed by atoms with Crippen LogP contribution in [0.5, 0.6) is 0 Å². The van der Waals surface area contributed by atoms with Crippen LogP contribution in [-0.2, 0) is 29.2 Å². The molecule has 0 aromatic heterocycles. The Morgan fingerprint density at radius 2 is 1.66 bits per heavy atom. The van der Waals surface area contributed by atoms with E-state index in [1.165, 1.54) is 12.1 Å². The zero-order valence-electron chi connectivity index (χ0n) is 20.2. The molecule has 1 aromatic rings. The smallest absolute Gasteiger partial charge is 0.322 e. The number of aliphatic carboxylic acids is 1. The van der Waals surface area contributed by atoms with Gasteiger partial charge in [-0.25, -0.2) is 8.42 Å². The van der Waals surface area contributed by atoms with Gasteiger partial charge in [-0.05, 0) is 37.8 Å². The van der Waals surface area contributed by atoms with Crippen LogP contribution in [-0.4, -0.2) is 74.3 Å². The van der Waals surface area contributed by atoms with Crippen LogP contribution in [0.3, 0.4) is 0 Å². The first-order valence-corrected chi connectivity index (χ1v) is 13.1. The first-order valence-electron chi connectivity index (χ1n) is 11.6. The lowest BCUT2D eigenvalue weighted by Crippen LogP contribution is -2.54. The molecule has 1 unspecified atom stereocenters. The second kappa shape index (κ2) is 12.6. The van der Waals surface area contributed by atoms with E-state index in [4.69, 9.17) is 5.11 Å². The molecule has 1 fully saturated rings. The molecule has 12 heteroatoms. The van der Waals surface area contributed by atoms with Crippen molar-refractivity contribution in [1.29, 1.82) is 0 Å². The van der Waals surface area contributed by atoms with Crippen LogP contribution in [0, 0.1) is 18.8 Å². The van der Waals surface area contributed by atoms with Crippen molar-refractivity contribution >= 4 is 33.7 Å². The van der Waals surface area contributed by atoms with E-state index < -0.39 is 40.4 Å². The maximum Gasteiger partial charge on any atom is 0.322 e.